The fraction of sp³-hybridized carbons (Fsp3) is 0.333. The number of benzene rings is 1. The third-order valence-corrected chi connectivity index (χ3v) is 2.68. The Morgan fingerprint density at radius 2 is 1.62 bits per heavy atom. The van der Waals surface area contributed by atoms with Gasteiger partial charge in [-0.3, -0.25) is 0 Å². The average molecular weight is 199 g/mol. The summed E-state index contributed by atoms with van der Waals surface area (Å²) < 4.78 is 31.7. The molecule has 0 heterocycles. The first-order chi connectivity index (χ1) is 5.91. The zero-order valence-electron chi connectivity index (χ0n) is 7.52. The van der Waals surface area contributed by atoms with E-state index in [0.29, 0.717) is 5.92 Å². The summed E-state index contributed by atoms with van der Waals surface area (Å²) in [4.78, 5) is -0.170. The molecule has 0 spiro atoms. The van der Waals surface area contributed by atoms with Gasteiger partial charge in [0.05, 0.1) is 4.90 Å². The molecule has 3 nitrogen and oxygen atoms in total. The first-order valence-electron chi connectivity index (χ1n) is 3.97. The van der Waals surface area contributed by atoms with Crippen LogP contribution in [0, 0.1) is 0 Å². The van der Waals surface area contributed by atoms with E-state index in [2.05, 4.69) is 0 Å². The Kier molecular flexibility index (Phi) is 2.73. The molecule has 0 N–H and O–H groups in total. The quantitative estimate of drug-likeness (QED) is 0.681. The minimum Gasteiger partial charge on any atom is -0.744 e. The summed E-state index contributed by atoms with van der Waals surface area (Å²) in [5.41, 5.74) is 1.02. The molecule has 4 heteroatoms. The molecule has 72 valence electrons. The van der Waals surface area contributed by atoms with Crippen LogP contribution in [0.5, 0.6) is 0 Å². The molecule has 0 saturated heterocycles. The average Bonchev–Trinajstić information content (AvgIpc) is 2.03. The third-order valence-electron chi connectivity index (χ3n) is 1.84. The van der Waals surface area contributed by atoms with Crippen LogP contribution in [0.15, 0.2) is 29.2 Å². The fourth-order valence-corrected chi connectivity index (χ4v) is 1.49. The molecule has 0 radical (unpaired) electrons. The molecule has 0 aliphatic carbocycles. The summed E-state index contributed by atoms with van der Waals surface area (Å²) in [6, 6.07) is 6.01. The summed E-state index contributed by atoms with van der Waals surface area (Å²) >= 11 is 0. The molecule has 0 aliphatic heterocycles. The Balaban J connectivity index is 3.08. The Bertz CT molecular complexity index is 376. The number of rotatable bonds is 2. The highest BCUT2D eigenvalue weighted by atomic mass is 32.2. The van der Waals surface area contributed by atoms with E-state index in [1.54, 1.807) is 12.1 Å². The first-order valence-corrected chi connectivity index (χ1v) is 5.38. The second-order valence-corrected chi connectivity index (χ2v) is 4.56. The lowest BCUT2D eigenvalue weighted by Gasteiger charge is -2.09. The van der Waals surface area contributed by atoms with Gasteiger partial charge in [-0.1, -0.05) is 26.0 Å². The van der Waals surface area contributed by atoms with Crippen LogP contribution in [0.1, 0.15) is 25.3 Å². The summed E-state index contributed by atoms with van der Waals surface area (Å²) in [5.74, 6) is 0.336. The molecule has 0 bridgehead atoms. The summed E-state index contributed by atoms with van der Waals surface area (Å²) in [6.07, 6.45) is 0. The lowest BCUT2D eigenvalue weighted by molar-refractivity contribution is 0.463. The third kappa shape index (κ3) is 2.54. The highest BCUT2D eigenvalue weighted by Crippen LogP contribution is 2.16. The van der Waals surface area contributed by atoms with E-state index in [4.69, 9.17) is 0 Å². The van der Waals surface area contributed by atoms with Crippen LogP contribution in [0.2, 0.25) is 0 Å². The molecule has 0 amide bonds. The zero-order chi connectivity index (χ0) is 10.1. The zero-order valence-corrected chi connectivity index (χ0v) is 8.34. The maximum atomic E-state index is 10.6. The Labute approximate surface area is 78.2 Å². The van der Waals surface area contributed by atoms with Gasteiger partial charge in [0.25, 0.3) is 0 Å². The van der Waals surface area contributed by atoms with Gasteiger partial charge in [-0.05, 0) is 23.6 Å². The lowest BCUT2D eigenvalue weighted by Crippen LogP contribution is -1.98. The van der Waals surface area contributed by atoms with Crippen LogP contribution < -0.4 is 0 Å². The molecule has 1 aromatic carbocycles. The highest BCUT2D eigenvalue weighted by Gasteiger charge is 2.02. The van der Waals surface area contributed by atoms with Crippen molar-refractivity contribution in [1.82, 2.24) is 0 Å². The van der Waals surface area contributed by atoms with Crippen LogP contribution in [0.4, 0.5) is 0 Å². The van der Waals surface area contributed by atoms with E-state index >= 15 is 0 Å². The van der Waals surface area contributed by atoms with Crippen molar-refractivity contribution in [1.29, 1.82) is 0 Å². The van der Waals surface area contributed by atoms with E-state index in [-0.39, 0.29) is 4.90 Å². The van der Waals surface area contributed by atoms with Crippen molar-refractivity contribution in [2.75, 3.05) is 0 Å². The SMILES string of the molecule is CC(C)c1ccc(S(=O)(=O)[O-])cc1. The van der Waals surface area contributed by atoms with Crippen molar-refractivity contribution in [3.8, 4) is 0 Å². The minimum absolute atomic E-state index is 0.170. The van der Waals surface area contributed by atoms with Crippen molar-refractivity contribution >= 4 is 10.1 Å². The van der Waals surface area contributed by atoms with Crippen LogP contribution >= 0.6 is 0 Å². The van der Waals surface area contributed by atoms with E-state index in [0.717, 1.165) is 5.56 Å². The van der Waals surface area contributed by atoms with Crippen molar-refractivity contribution in [2.45, 2.75) is 24.7 Å². The highest BCUT2D eigenvalue weighted by molar-refractivity contribution is 7.85. The van der Waals surface area contributed by atoms with Gasteiger partial charge in [-0.25, -0.2) is 8.42 Å². The molecule has 0 aliphatic rings. The summed E-state index contributed by atoms with van der Waals surface area (Å²) in [5, 5.41) is 0. The molecule has 0 unspecified atom stereocenters. The van der Waals surface area contributed by atoms with E-state index in [9.17, 15) is 13.0 Å². The lowest BCUT2D eigenvalue weighted by atomic mass is 10.0. The number of hydrogen-bond donors (Lipinski definition) is 0. The molecular formula is C9H11O3S-. The molecule has 13 heavy (non-hydrogen) atoms. The van der Waals surface area contributed by atoms with Crippen molar-refractivity contribution in [3.05, 3.63) is 29.8 Å². The van der Waals surface area contributed by atoms with Crippen molar-refractivity contribution in [2.24, 2.45) is 0 Å². The standard InChI is InChI=1S/C9H12O3S/c1-7(2)8-3-5-9(6-4-8)13(10,11)12/h3-7H,1-2H3,(H,10,11,12)/p-1. The predicted molar refractivity (Wildman–Crippen MR) is 48.5 cm³/mol. The molecule has 0 saturated carbocycles. The van der Waals surface area contributed by atoms with E-state index < -0.39 is 10.1 Å². The van der Waals surface area contributed by atoms with Crippen LogP contribution in [0.3, 0.4) is 0 Å². The molecule has 0 fully saturated rings. The van der Waals surface area contributed by atoms with Gasteiger partial charge in [0, 0.05) is 0 Å². The summed E-state index contributed by atoms with van der Waals surface area (Å²) in [6.45, 7) is 4.00. The largest absolute Gasteiger partial charge is 0.744 e. The van der Waals surface area contributed by atoms with Gasteiger partial charge in [0.2, 0.25) is 0 Å². The van der Waals surface area contributed by atoms with Gasteiger partial charge in [0.1, 0.15) is 10.1 Å². The molecule has 1 aromatic rings. The Hall–Kier alpha value is -0.870. The van der Waals surface area contributed by atoms with Crippen molar-refractivity contribution < 1.29 is 13.0 Å². The molecule has 0 aromatic heterocycles. The van der Waals surface area contributed by atoms with Gasteiger partial charge in [0.15, 0.2) is 0 Å². The van der Waals surface area contributed by atoms with Crippen LogP contribution in [-0.2, 0) is 10.1 Å². The summed E-state index contributed by atoms with van der Waals surface area (Å²) in [7, 11) is -4.30. The van der Waals surface area contributed by atoms with Gasteiger partial charge >= 0.3 is 0 Å². The van der Waals surface area contributed by atoms with Crippen LogP contribution in [0.25, 0.3) is 0 Å². The fourth-order valence-electron chi connectivity index (χ4n) is 1.02. The first kappa shape index (κ1) is 10.2. The monoisotopic (exact) mass is 199 g/mol. The van der Waals surface area contributed by atoms with E-state index in [1.165, 1.54) is 12.1 Å². The topological polar surface area (TPSA) is 57.2 Å². The van der Waals surface area contributed by atoms with Crippen molar-refractivity contribution in [3.63, 3.8) is 0 Å². The smallest absolute Gasteiger partial charge is 0.124 e. The molecule has 1 rings (SSSR count). The van der Waals surface area contributed by atoms with Gasteiger partial charge in [-0.15, -0.1) is 0 Å². The molecule has 0 atom stereocenters. The second-order valence-electron chi connectivity index (χ2n) is 3.18. The molecular weight excluding hydrogens is 188 g/mol. The maximum Gasteiger partial charge on any atom is 0.124 e. The maximum absolute atomic E-state index is 10.6. The predicted octanol–water partition coefficient (Wildman–Crippen LogP) is 1.71. The van der Waals surface area contributed by atoms with Crippen LogP contribution in [-0.4, -0.2) is 13.0 Å². The van der Waals surface area contributed by atoms with Gasteiger partial charge < -0.3 is 4.55 Å². The second kappa shape index (κ2) is 3.47. The Morgan fingerprint density at radius 3 is 1.92 bits per heavy atom. The normalized spacial score (nSPS) is 12.0. The van der Waals surface area contributed by atoms with E-state index in [1.807, 2.05) is 13.8 Å². The van der Waals surface area contributed by atoms with Gasteiger partial charge in [-0.2, -0.15) is 0 Å². The number of hydrogen-bond acceptors (Lipinski definition) is 3. The minimum atomic E-state index is -4.30. The Morgan fingerprint density at radius 1 is 1.15 bits per heavy atom.